The molecule has 0 amide bonds. The molecule has 1 N–H and O–H groups in total. The van der Waals surface area contributed by atoms with Crippen molar-refractivity contribution < 1.29 is 9.90 Å². The van der Waals surface area contributed by atoms with Crippen LogP contribution in [-0.4, -0.2) is 31.3 Å². The second-order valence-electron chi connectivity index (χ2n) is 4.60. The fourth-order valence-electron chi connectivity index (χ4n) is 1.87. The molecule has 0 spiro atoms. The number of aliphatic carboxylic acids is 1. The molecule has 0 saturated carbocycles. The first-order valence-corrected chi connectivity index (χ1v) is 6.13. The van der Waals surface area contributed by atoms with Crippen LogP contribution in [0.1, 0.15) is 31.7 Å². The van der Waals surface area contributed by atoms with E-state index in [0.29, 0.717) is 18.7 Å². The molecule has 2 aromatic rings. The van der Waals surface area contributed by atoms with Gasteiger partial charge in [0.1, 0.15) is 0 Å². The summed E-state index contributed by atoms with van der Waals surface area (Å²) in [5.41, 5.74) is -0.0736. The van der Waals surface area contributed by atoms with Gasteiger partial charge < -0.3 is 5.11 Å². The second kappa shape index (κ2) is 5.17. The molecule has 1 heterocycles. The molecule has 19 heavy (non-hydrogen) atoms. The van der Waals surface area contributed by atoms with Gasteiger partial charge in [-0.05, 0) is 29.3 Å². The number of tetrazole rings is 1. The average Bonchev–Trinajstić information content (AvgIpc) is 2.87. The predicted octanol–water partition coefficient (Wildman–Crippen LogP) is 1.47. The number of rotatable bonds is 5. The Kier molecular flexibility index (Phi) is 3.59. The summed E-state index contributed by atoms with van der Waals surface area (Å²) in [5, 5.41) is 20.8. The molecule has 6 nitrogen and oxygen atoms in total. The lowest BCUT2D eigenvalue weighted by Gasteiger charge is -2.23. The SMILES string of the molecule is CCC(C)(C(=O)O)n1nnnc1Cc1ccccc1. The summed E-state index contributed by atoms with van der Waals surface area (Å²) in [5.74, 6) is -0.380. The summed E-state index contributed by atoms with van der Waals surface area (Å²) in [6, 6.07) is 9.71. The minimum Gasteiger partial charge on any atom is -0.479 e. The monoisotopic (exact) mass is 260 g/mol. The van der Waals surface area contributed by atoms with Gasteiger partial charge in [-0.25, -0.2) is 9.48 Å². The smallest absolute Gasteiger partial charge is 0.331 e. The van der Waals surface area contributed by atoms with E-state index >= 15 is 0 Å². The molecule has 0 aliphatic carbocycles. The van der Waals surface area contributed by atoms with Crippen LogP contribution in [0.25, 0.3) is 0 Å². The van der Waals surface area contributed by atoms with Gasteiger partial charge in [-0.15, -0.1) is 5.10 Å². The second-order valence-corrected chi connectivity index (χ2v) is 4.60. The van der Waals surface area contributed by atoms with E-state index in [2.05, 4.69) is 15.5 Å². The van der Waals surface area contributed by atoms with E-state index in [9.17, 15) is 9.90 Å². The van der Waals surface area contributed by atoms with Crippen molar-refractivity contribution in [3.05, 3.63) is 41.7 Å². The van der Waals surface area contributed by atoms with Gasteiger partial charge in [-0.3, -0.25) is 0 Å². The third-order valence-electron chi connectivity index (χ3n) is 3.36. The van der Waals surface area contributed by atoms with Crippen molar-refractivity contribution in [3.63, 3.8) is 0 Å². The number of carboxylic acids is 1. The lowest BCUT2D eigenvalue weighted by atomic mass is 9.99. The zero-order valence-electron chi connectivity index (χ0n) is 10.9. The lowest BCUT2D eigenvalue weighted by Crippen LogP contribution is -2.40. The van der Waals surface area contributed by atoms with Crippen molar-refractivity contribution in [2.24, 2.45) is 0 Å². The van der Waals surface area contributed by atoms with Crippen LogP contribution in [-0.2, 0) is 16.8 Å². The van der Waals surface area contributed by atoms with Gasteiger partial charge in [-0.1, -0.05) is 37.3 Å². The average molecular weight is 260 g/mol. The van der Waals surface area contributed by atoms with E-state index in [0.717, 1.165) is 5.56 Å². The Bertz CT molecular complexity index is 567. The number of hydrogen-bond donors (Lipinski definition) is 1. The predicted molar refractivity (Wildman–Crippen MR) is 68.6 cm³/mol. The highest BCUT2D eigenvalue weighted by Gasteiger charge is 2.36. The fourth-order valence-corrected chi connectivity index (χ4v) is 1.87. The van der Waals surface area contributed by atoms with E-state index in [1.807, 2.05) is 37.3 Å². The first-order chi connectivity index (χ1) is 9.08. The number of carboxylic acid groups (broad SMARTS) is 1. The Hall–Kier alpha value is -2.24. The van der Waals surface area contributed by atoms with E-state index in [-0.39, 0.29) is 0 Å². The third-order valence-corrected chi connectivity index (χ3v) is 3.36. The maximum Gasteiger partial charge on any atom is 0.331 e. The Labute approximate surface area is 111 Å². The normalized spacial score (nSPS) is 14.0. The molecule has 0 saturated heterocycles. The van der Waals surface area contributed by atoms with Gasteiger partial charge in [0.05, 0.1) is 0 Å². The zero-order chi connectivity index (χ0) is 13.9. The first-order valence-electron chi connectivity index (χ1n) is 6.13. The highest BCUT2D eigenvalue weighted by molar-refractivity contribution is 5.76. The van der Waals surface area contributed by atoms with Crippen LogP contribution in [0.4, 0.5) is 0 Å². The van der Waals surface area contributed by atoms with Crippen LogP contribution < -0.4 is 0 Å². The maximum absolute atomic E-state index is 11.4. The summed E-state index contributed by atoms with van der Waals surface area (Å²) in [6.07, 6.45) is 0.922. The van der Waals surface area contributed by atoms with Crippen molar-refractivity contribution in [3.8, 4) is 0 Å². The Morgan fingerprint density at radius 2 is 2.05 bits per heavy atom. The number of benzene rings is 1. The summed E-state index contributed by atoms with van der Waals surface area (Å²) < 4.78 is 1.41. The van der Waals surface area contributed by atoms with Crippen molar-refractivity contribution in [1.82, 2.24) is 20.2 Å². The highest BCUT2D eigenvalue weighted by atomic mass is 16.4. The summed E-state index contributed by atoms with van der Waals surface area (Å²) >= 11 is 0. The van der Waals surface area contributed by atoms with E-state index in [1.165, 1.54) is 4.68 Å². The number of aromatic nitrogens is 4. The molecule has 100 valence electrons. The van der Waals surface area contributed by atoms with E-state index in [4.69, 9.17) is 0 Å². The fraction of sp³-hybridized carbons (Fsp3) is 0.385. The first kappa shape index (κ1) is 13.2. The minimum atomic E-state index is -1.12. The van der Waals surface area contributed by atoms with Gasteiger partial charge >= 0.3 is 5.97 Å². The molecular formula is C13H16N4O2. The Balaban J connectivity index is 2.35. The molecule has 6 heteroatoms. The quantitative estimate of drug-likeness (QED) is 0.880. The van der Waals surface area contributed by atoms with Crippen molar-refractivity contribution in [2.75, 3.05) is 0 Å². The van der Waals surface area contributed by atoms with Crippen LogP contribution in [0.15, 0.2) is 30.3 Å². The van der Waals surface area contributed by atoms with Crippen LogP contribution in [0.5, 0.6) is 0 Å². The molecule has 0 radical (unpaired) electrons. The van der Waals surface area contributed by atoms with Crippen molar-refractivity contribution in [1.29, 1.82) is 0 Å². The summed E-state index contributed by atoms with van der Waals surface area (Å²) in [4.78, 5) is 11.4. The number of hydrogen-bond acceptors (Lipinski definition) is 4. The largest absolute Gasteiger partial charge is 0.479 e. The maximum atomic E-state index is 11.4. The topological polar surface area (TPSA) is 80.9 Å². The molecule has 0 aliphatic heterocycles. The molecule has 2 rings (SSSR count). The van der Waals surface area contributed by atoms with Gasteiger partial charge in [-0.2, -0.15) is 0 Å². The van der Waals surface area contributed by atoms with Crippen molar-refractivity contribution in [2.45, 2.75) is 32.2 Å². The van der Waals surface area contributed by atoms with E-state index in [1.54, 1.807) is 6.92 Å². The van der Waals surface area contributed by atoms with E-state index < -0.39 is 11.5 Å². The zero-order valence-corrected chi connectivity index (χ0v) is 10.9. The lowest BCUT2D eigenvalue weighted by molar-refractivity contribution is -0.147. The standard InChI is InChI=1S/C13H16N4O2/c1-3-13(2,12(18)19)17-11(14-15-16-17)9-10-7-5-4-6-8-10/h4-8H,3,9H2,1-2H3,(H,18,19). The van der Waals surface area contributed by atoms with Crippen LogP contribution >= 0.6 is 0 Å². The van der Waals surface area contributed by atoms with Gasteiger partial charge in [0.25, 0.3) is 0 Å². The molecule has 0 bridgehead atoms. The van der Waals surface area contributed by atoms with Crippen molar-refractivity contribution >= 4 is 5.97 Å². The summed E-state index contributed by atoms with van der Waals surface area (Å²) in [6.45, 7) is 3.43. The Morgan fingerprint density at radius 1 is 1.37 bits per heavy atom. The molecule has 1 aromatic heterocycles. The third kappa shape index (κ3) is 2.47. The van der Waals surface area contributed by atoms with Crippen LogP contribution in [0.3, 0.4) is 0 Å². The molecule has 1 aromatic carbocycles. The minimum absolute atomic E-state index is 0.412. The molecule has 0 aliphatic rings. The summed E-state index contributed by atoms with van der Waals surface area (Å²) in [7, 11) is 0. The van der Waals surface area contributed by atoms with Gasteiger partial charge in [0, 0.05) is 6.42 Å². The van der Waals surface area contributed by atoms with Crippen LogP contribution in [0.2, 0.25) is 0 Å². The molecule has 1 atom stereocenters. The molecular weight excluding hydrogens is 244 g/mol. The number of carbonyl (C=O) groups is 1. The number of nitrogens with zero attached hydrogens (tertiary/aromatic N) is 4. The van der Waals surface area contributed by atoms with Gasteiger partial charge in [0.15, 0.2) is 11.4 Å². The van der Waals surface area contributed by atoms with Gasteiger partial charge in [0.2, 0.25) is 0 Å². The Morgan fingerprint density at radius 3 is 2.63 bits per heavy atom. The molecule has 1 unspecified atom stereocenters. The van der Waals surface area contributed by atoms with Crippen LogP contribution in [0, 0.1) is 0 Å². The highest BCUT2D eigenvalue weighted by Crippen LogP contribution is 2.21. The molecule has 0 fully saturated rings.